The van der Waals surface area contributed by atoms with Gasteiger partial charge in [0.25, 0.3) is 5.89 Å². The molecule has 4 aromatic rings. The summed E-state index contributed by atoms with van der Waals surface area (Å²) in [5.41, 5.74) is 7.33. The van der Waals surface area contributed by atoms with Gasteiger partial charge in [-0.2, -0.15) is 4.98 Å². The molecular formula is C29H26N4O4. The third-order valence-corrected chi connectivity index (χ3v) is 6.93. The van der Waals surface area contributed by atoms with E-state index in [0.717, 1.165) is 39.2 Å². The molecule has 0 aliphatic carbocycles. The molecule has 0 saturated heterocycles. The molecular weight excluding hydrogens is 468 g/mol. The standard InChI is InChI=1S/C29H26N4O4/c1-16-5-10-22(11-6-16)33-19(4)25(26(30-29(33)34)20-8-7-17(2)18(3)13-20)28-31-27(32-37-28)21-9-12-23-24(14-21)36-15-35-23/h5-14,26H,15H2,1-4H3,(H,30,34). The predicted octanol–water partition coefficient (Wildman–Crippen LogP) is 6.09. The highest BCUT2D eigenvalue weighted by molar-refractivity contribution is 6.01. The highest BCUT2D eigenvalue weighted by atomic mass is 16.7. The van der Waals surface area contributed by atoms with Gasteiger partial charge in [0.15, 0.2) is 11.5 Å². The molecule has 3 aromatic carbocycles. The Morgan fingerprint density at radius 1 is 0.892 bits per heavy atom. The zero-order valence-electron chi connectivity index (χ0n) is 21.0. The van der Waals surface area contributed by atoms with Crippen molar-refractivity contribution in [2.45, 2.75) is 33.7 Å². The van der Waals surface area contributed by atoms with Crippen LogP contribution in [0.1, 0.15) is 41.1 Å². The summed E-state index contributed by atoms with van der Waals surface area (Å²) in [6.07, 6.45) is 0. The molecule has 0 spiro atoms. The number of carbonyl (C=O) groups excluding carboxylic acids is 1. The first-order valence-electron chi connectivity index (χ1n) is 12.1. The normalized spacial score (nSPS) is 16.8. The van der Waals surface area contributed by atoms with Gasteiger partial charge in [0, 0.05) is 11.3 Å². The molecule has 1 N–H and O–H groups in total. The number of hydrogen-bond donors (Lipinski definition) is 1. The molecule has 2 aliphatic heterocycles. The van der Waals surface area contributed by atoms with Crippen LogP contribution in [-0.2, 0) is 0 Å². The second-order valence-electron chi connectivity index (χ2n) is 9.39. The second kappa shape index (κ2) is 8.81. The summed E-state index contributed by atoms with van der Waals surface area (Å²) in [7, 11) is 0. The summed E-state index contributed by atoms with van der Waals surface area (Å²) >= 11 is 0. The number of urea groups is 1. The van der Waals surface area contributed by atoms with Crippen LogP contribution in [0.5, 0.6) is 11.5 Å². The number of allylic oxidation sites excluding steroid dienone is 1. The Morgan fingerprint density at radius 2 is 1.68 bits per heavy atom. The molecule has 2 amide bonds. The predicted molar refractivity (Wildman–Crippen MR) is 139 cm³/mol. The smallest absolute Gasteiger partial charge is 0.326 e. The third kappa shape index (κ3) is 4.00. The number of hydrogen-bond acceptors (Lipinski definition) is 6. The molecule has 186 valence electrons. The van der Waals surface area contributed by atoms with Crippen molar-refractivity contribution in [2.24, 2.45) is 0 Å². The van der Waals surface area contributed by atoms with Gasteiger partial charge in [0.1, 0.15) is 0 Å². The monoisotopic (exact) mass is 494 g/mol. The topological polar surface area (TPSA) is 89.7 Å². The number of benzene rings is 3. The number of fused-ring (bicyclic) bond motifs is 1. The number of rotatable bonds is 4. The van der Waals surface area contributed by atoms with Gasteiger partial charge in [0.2, 0.25) is 12.6 Å². The van der Waals surface area contributed by atoms with Crippen LogP contribution >= 0.6 is 0 Å². The summed E-state index contributed by atoms with van der Waals surface area (Å²) in [4.78, 5) is 19.8. The molecule has 0 radical (unpaired) electrons. The number of aryl methyl sites for hydroxylation is 3. The maximum atomic E-state index is 13.4. The molecule has 0 fully saturated rings. The summed E-state index contributed by atoms with van der Waals surface area (Å²) in [6, 6.07) is 18.8. The molecule has 1 atom stereocenters. The lowest BCUT2D eigenvalue weighted by atomic mass is 9.92. The SMILES string of the molecule is CC1=C(c2nc(-c3ccc4c(c3)OCO4)no2)C(c2ccc(C)c(C)c2)NC(=O)N1c1ccc(C)cc1. The largest absolute Gasteiger partial charge is 0.454 e. The molecule has 8 nitrogen and oxygen atoms in total. The van der Waals surface area contributed by atoms with E-state index in [1.807, 2.05) is 62.4 Å². The Balaban J connectivity index is 1.48. The lowest BCUT2D eigenvalue weighted by molar-refractivity contribution is 0.174. The van der Waals surface area contributed by atoms with Crippen molar-refractivity contribution in [3.05, 3.63) is 94.5 Å². The van der Waals surface area contributed by atoms with Gasteiger partial charge >= 0.3 is 6.03 Å². The molecule has 6 rings (SSSR count). The summed E-state index contributed by atoms with van der Waals surface area (Å²) in [6.45, 7) is 8.24. The number of carbonyl (C=O) groups is 1. The van der Waals surface area contributed by atoms with E-state index < -0.39 is 6.04 Å². The van der Waals surface area contributed by atoms with E-state index in [1.54, 1.807) is 4.90 Å². The average molecular weight is 495 g/mol. The first-order chi connectivity index (χ1) is 17.9. The Bertz CT molecular complexity index is 1550. The van der Waals surface area contributed by atoms with Crippen LogP contribution in [0, 0.1) is 20.8 Å². The van der Waals surface area contributed by atoms with Gasteiger partial charge in [-0.1, -0.05) is 41.1 Å². The fourth-order valence-electron chi connectivity index (χ4n) is 4.70. The highest BCUT2D eigenvalue weighted by Gasteiger charge is 2.36. The third-order valence-electron chi connectivity index (χ3n) is 6.93. The van der Waals surface area contributed by atoms with Crippen molar-refractivity contribution in [2.75, 3.05) is 11.7 Å². The van der Waals surface area contributed by atoms with Crippen molar-refractivity contribution >= 4 is 17.3 Å². The Hall–Kier alpha value is -4.59. The lowest BCUT2D eigenvalue weighted by Crippen LogP contribution is -2.46. The first kappa shape index (κ1) is 22.8. The number of nitrogens with zero attached hydrogens (tertiary/aromatic N) is 3. The minimum absolute atomic E-state index is 0.189. The van der Waals surface area contributed by atoms with Crippen molar-refractivity contribution < 1.29 is 18.8 Å². The van der Waals surface area contributed by atoms with E-state index in [9.17, 15) is 4.79 Å². The van der Waals surface area contributed by atoms with E-state index in [0.29, 0.717) is 23.2 Å². The number of amides is 2. The van der Waals surface area contributed by atoms with Crippen LogP contribution in [0.2, 0.25) is 0 Å². The Morgan fingerprint density at radius 3 is 2.46 bits per heavy atom. The summed E-state index contributed by atoms with van der Waals surface area (Å²) in [5, 5.41) is 7.43. The molecule has 0 bridgehead atoms. The number of nitrogens with one attached hydrogen (secondary N) is 1. The molecule has 37 heavy (non-hydrogen) atoms. The molecule has 3 heterocycles. The van der Waals surface area contributed by atoms with Crippen LogP contribution in [0.4, 0.5) is 10.5 Å². The van der Waals surface area contributed by atoms with Gasteiger partial charge in [-0.25, -0.2) is 4.79 Å². The van der Waals surface area contributed by atoms with Gasteiger partial charge in [-0.3, -0.25) is 4.90 Å². The lowest BCUT2D eigenvalue weighted by Gasteiger charge is -2.35. The van der Waals surface area contributed by atoms with Crippen LogP contribution < -0.4 is 19.7 Å². The second-order valence-corrected chi connectivity index (χ2v) is 9.39. The number of anilines is 1. The summed E-state index contributed by atoms with van der Waals surface area (Å²) in [5.74, 6) is 2.09. The zero-order chi connectivity index (χ0) is 25.7. The Kier molecular flexibility index (Phi) is 5.44. The van der Waals surface area contributed by atoms with Crippen LogP contribution in [-0.4, -0.2) is 23.0 Å². The zero-order valence-corrected chi connectivity index (χ0v) is 21.0. The number of aromatic nitrogens is 2. The average Bonchev–Trinajstić information content (AvgIpc) is 3.56. The fourth-order valence-corrected chi connectivity index (χ4v) is 4.70. The van der Waals surface area contributed by atoms with Gasteiger partial charge in [-0.15, -0.1) is 0 Å². The van der Waals surface area contributed by atoms with E-state index in [2.05, 4.69) is 36.5 Å². The van der Waals surface area contributed by atoms with Crippen molar-refractivity contribution in [3.8, 4) is 22.9 Å². The van der Waals surface area contributed by atoms with Crippen molar-refractivity contribution in [1.82, 2.24) is 15.5 Å². The number of ether oxygens (including phenoxy) is 2. The first-order valence-corrected chi connectivity index (χ1v) is 12.1. The quantitative estimate of drug-likeness (QED) is 0.369. The molecule has 2 aliphatic rings. The van der Waals surface area contributed by atoms with Gasteiger partial charge in [0.05, 0.1) is 17.3 Å². The molecule has 0 saturated carbocycles. The summed E-state index contributed by atoms with van der Waals surface area (Å²) < 4.78 is 16.7. The van der Waals surface area contributed by atoms with Crippen molar-refractivity contribution in [3.63, 3.8) is 0 Å². The van der Waals surface area contributed by atoms with Crippen LogP contribution in [0.15, 0.2) is 70.9 Å². The van der Waals surface area contributed by atoms with E-state index in [1.165, 1.54) is 5.56 Å². The Labute approximate surface area is 214 Å². The molecule has 8 heteroatoms. The van der Waals surface area contributed by atoms with E-state index in [4.69, 9.17) is 19.0 Å². The van der Waals surface area contributed by atoms with Gasteiger partial charge < -0.3 is 19.3 Å². The van der Waals surface area contributed by atoms with E-state index in [-0.39, 0.29) is 12.8 Å². The maximum Gasteiger partial charge on any atom is 0.326 e. The fraction of sp³-hybridized carbons (Fsp3) is 0.207. The minimum Gasteiger partial charge on any atom is -0.454 e. The van der Waals surface area contributed by atoms with E-state index >= 15 is 0 Å². The van der Waals surface area contributed by atoms with Gasteiger partial charge in [-0.05, 0) is 74.7 Å². The van der Waals surface area contributed by atoms with Crippen LogP contribution in [0.25, 0.3) is 17.0 Å². The van der Waals surface area contributed by atoms with Crippen LogP contribution in [0.3, 0.4) is 0 Å². The molecule has 1 aromatic heterocycles. The minimum atomic E-state index is -0.460. The van der Waals surface area contributed by atoms with Crippen molar-refractivity contribution in [1.29, 1.82) is 0 Å². The molecule has 1 unspecified atom stereocenters. The highest BCUT2D eigenvalue weighted by Crippen LogP contribution is 2.40. The maximum absolute atomic E-state index is 13.4.